The number of carboxylic acids is 1. The van der Waals surface area contributed by atoms with Crippen molar-refractivity contribution in [3.05, 3.63) is 35.9 Å². The molecule has 0 saturated carbocycles. The van der Waals surface area contributed by atoms with Crippen molar-refractivity contribution in [2.24, 2.45) is 5.92 Å². The van der Waals surface area contributed by atoms with Crippen molar-refractivity contribution in [3.8, 4) is 0 Å². The molecule has 0 atom stereocenters. The molecule has 106 valence electrons. The van der Waals surface area contributed by atoms with Crippen LogP contribution in [0.1, 0.15) is 31.1 Å². The van der Waals surface area contributed by atoms with Crippen LogP contribution in [0, 0.1) is 5.92 Å². The Morgan fingerprint density at radius 2 is 2.05 bits per heavy atom. The van der Waals surface area contributed by atoms with Gasteiger partial charge in [0.05, 0.1) is 11.1 Å². The number of benzene rings is 1. The lowest BCUT2D eigenvalue weighted by atomic mass is 10.1. The largest absolute Gasteiger partial charge is 0.478 e. The van der Waals surface area contributed by atoms with Gasteiger partial charge >= 0.3 is 5.97 Å². The van der Waals surface area contributed by atoms with E-state index in [1.165, 1.54) is 0 Å². The molecule has 0 fully saturated rings. The Bertz CT molecular complexity index is 623. The zero-order valence-electron chi connectivity index (χ0n) is 12.1. The van der Waals surface area contributed by atoms with Crippen LogP contribution >= 0.6 is 0 Å². The molecule has 4 nitrogen and oxygen atoms in total. The van der Waals surface area contributed by atoms with E-state index >= 15 is 0 Å². The molecule has 1 N–H and O–H groups in total. The molecule has 0 aliphatic heterocycles. The number of aromatic nitrogens is 1. The predicted octanol–water partition coefficient (Wildman–Crippen LogP) is 3.42. The Labute approximate surface area is 119 Å². The van der Waals surface area contributed by atoms with Gasteiger partial charge in [0.25, 0.3) is 0 Å². The van der Waals surface area contributed by atoms with Gasteiger partial charge in [0, 0.05) is 18.5 Å². The third kappa shape index (κ3) is 2.90. The highest BCUT2D eigenvalue weighted by molar-refractivity contribution is 6.02. The fourth-order valence-corrected chi connectivity index (χ4v) is 2.33. The van der Waals surface area contributed by atoms with Gasteiger partial charge in [-0.3, -0.25) is 0 Å². The van der Waals surface area contributed by atoms with Crippen LogP contribution in [0.3, 0.4) is 0 Å². The summed E-state index contributed by atoms with van der Waals surface area (Å²) in [6, 6.07) is 8.96. The minimum Gasteiger partial charge on any atom is -0.478 e. The molecule has 0 bridgehead atoms. The third-order valence-electron chi connectivity index (χ3n) is 3.24. The Balaban J connectivity index is 2.46. The van der Waals surface area contributed by atoms with Gasteiger partial charge in [0.1, 0.15) is 5.82 Å². The first-order chi connectivity index (χ1) is 9.52. The number of anilines is 1. The van der Waals surface area contributed by atoms with E-state index in [1.807, 2.05) is 18.2 Å². The number of pyridine rings is 1. The lowest BCUT2D eigenvalue weighted by Crippen LogP contribution is -2.28. The Morgan fingerprint density at radius 3 is 2.65 bits per heavy atom. The van der Waals surface area contributed by atoms with Crippen molar-refractivity contribution in [1.82, 2.24) is 4.98 Å². The number of hydrogen-bond donors (Lipinski definition) is 1. The van der Waals surface area contributed by atoms with Crippen LogP contribution in [-0.2, 0) is 0 Å². The summed E-state index contributed by atoms with van der Waals surface area (Å²) in [5.74, 6) is 0.536. The summed E-state index contributed by atoms with van der Waals surface area (Å²) in [4.78, 5) is 18.0. The maximum atomic E-state index is 11.2. The summed E-state index contributed by atoms with van der Waals surface area (Å²) >= 11 is 0. The first kappa shape index (κ1) is 14.3. The number of aromatic carboxylic acids is 1. The summed E-state index contributed by atoms with van der Waals surface area (Å²) < 4.78 is 0. The number of hydrogen-bond acceptors (Lipinski definition) is 3. The predicted molar refractivity (Wildman–Crippen MR) is 81.4 cm³/mol. The Kier molecular flexibility index (Phi) is 4.23. The molecular formula is C16H20N2O2. The molecule has 1 aromatic carbocycles. The van der Waals surface area contributed by atoms with Crippen LogP contribution < -0.4 is 4.90 Å². The van der Waals surface area contributed by atoms with Crippen molar-refractivity contribution >= 4 is 22.7 Å². The van der Waals surface area contributed by atoms with Crippen molar-refractivity contribution < 1.29 is 9.90 Å². The van der Waals surface area contributed by atoms with Gasteiger partial charge in [0.2, 0.25) is 0 Å². The van der Waals surface area contributed by atoms with Gasteiger partial charge in [-0.05, 0) is 37.1 Å². The second kappa shape index (κ2) is 5.90. The molecule has 1 aromatic heterocycles. The van der Waals surface area contributed by atoms with Crippen LogP contribution in [0.2, 0.25) is 0 Å². The highest BCUT2D eigenvalue weighted by atomic mass is 16.4. The molecular weight excluding hydrogens is 252 g/mol. The van der Waals surface area contributed by atoms with E-state index in [-0.39, 0.29) is 0 Å². The van der Waals surface area contributed by atoms with Crippen LogP contribution in [0.25, 0.3) is 10.9 Å². The molecule has 2 rings (SSSR count). The third-order valence-corrected chi connectivity index (χ3v) is 3.24. The lowest BCUT2D eigenvalue weighted by molar-refractivity contribution is 0.0699. The van der Waals surface area contributed by atoms with Gasteiger partial charge < -0.3 is 10.0 Å². The van der Waals surface area contributed by atoms with E-state index in [0.717, 1.165) is 24.4 Å². The molecule has 0 aliphatic carbocycles. The van der Waals surface area contributed by atoms with Gasteiger partial charge in [-0.15, -0.1) is 0 Å². The van der Waals surface area contributed by atoms with E-state index in [1.54, 1.807) is 12.1 Å². The average molecular weight is 272 g/mol. The summed E-state index contributed by atoms with van der Waals surface area (Å²) in [7, 11) is 0. The van der Waals surface area contributed by atoms with Crippen LogP contribution in [-0.4, -0.2) is 29.1 Å². The fourth-order valence-electron chi connectivity index (χ4n) is 2.33. The second-order valence-electron chi connectivity index (χ2n) is 5.28. The van der Waals surface area contributed by atoms with E-state index < -0.39 is 5.97 Å². The highest BCUT2D eigenvalue weighted by Crippen LogP contribution is 2.22. The second-order valence-corrected chi connectivity index (χ2v) is 5.28. The standard InChI is InChI=1S/C16H20N2O2/c1-4-18(10-11(2)3)15-9-8-12-13(16(19)20)6-5-7-14(12)17-15/h5-9,11H,4,10H2,1-3H3,(H,19,20). The van der Waals surface area contributed by atoms with Gasteiger partial charge in [-0.25, -0.2) is 9.78 Å². The molecule has 0 amide bonds. The molecule has 1 heterocycles. The summed E-state index contributed by atoms with van der Waals surface area (Å²) in [5, 5.41) is 9.87. The average Bonchev–Trinajstić information content (AvgIpc) is 2.43. The van der Waals surface area contributed by atoms with E-state index in [4.69, 9.17) is 0 Å². The minimum absolute atomic E-state index is 0.299. The summed E-state index contributed by atoms with van der Waals surface area (Å²) in [6.45, 7) is 8.27. The van der Waals surface area contributed by atoms with Gasteiger partial charge in [-0.1, -0.05) is 19.9 Å². The quantitative estimate of drug-likeness (QED) is 0.906. The van der Waals surface area contributed by atoms with Crippen molar-refractivity contribution in [3.63, 3.8) is 0 Å². The monoisotopic (exact) mass is 272 g/mol. The van der Waals surface area contributed by atoms with Crippen LogP contribution in [0.5, 0.6) is 0 Å². The zero-order valence-corrected chi connectivity index (χ0v) is 12.1. The van der Waals surface area contributed by atoms with Gasteiger partial charge in [0.15, 0.2) is 0 Å². The number of fused-ring (bicyclic) bond motifs is 1. The highest BCUT2D eigenvalue weighted by Gasteiger charge is 2.12. The smallest absolute Gasteiger partial charge is 0.336 e. The molecule has 0 unspecified atom stereocenters. The number of rotatable bonds is 5. The SMILES string of the molecule is CCN(CC(C)C)c1ccc2c(C(=O)O)cccc2n1. The molecule has 0 radical (unpaired) electrons. The number of nitrogens with zero attached hydrogens (tertiary/aromatic N) is 2. The maximum absolute atomic E-state index is 11.2. The van der Waals surface area contributed by atoms with Gasteiger partial charge in [-0.2, -0.15) is 0 Å². The molecule has 4 heteroatoms. The molecule has 2 aromatic rings. The number of carbonyl (C=O) groups is 1. The summed E-state index contributed by atoms with van der Waals surface area (Å²) in [5.41, 5.74) is 1.03. The lowest BCUT2D eigenvalue weighted by Gasteiger charge is -2.24. The van der Waals surface area contributed by atoms with Crippen molar-refractivity contribution in [2.75, 3.05) is 18.0 Å². The fraction of sp³-hybridized carbons (Fsp3) is 0.375. The maximum Gasteiger partial charge on any atom is 0.336 e. The molecule has 20 heavy (non-hydrogen) atoms. The molecule has 0 aliphatic rings. The molecule has 0 saturated heterocycles. The zero-order chi connectivity index (χ0) is 14.7. The number of carboxylic acid groups (broad SMARTS) is 1. The van der Waals surface area contributed by atoms with Crippen molar-refractivity contribution in [1.29, 1.82) is 0 Å². The molecule has 0 spiro atoms. The normalized spacial score (nSPS) is 11.0. The first-order valence-corrected chi connectivity index (χ1v) is 6.91. The van der Waals surface area contributed by atoms with E-state index in [9.17, 15) is 9.90 Å². The Hall–Kier alpha value is -2.10. The minimum atomic E-state index is -0.917. The van der Waals surface area contributed by atoms with Crippen LogP contribution in [0.4, 0.5) is 5.82 Å². The van der Waals surface area contributed by atoms with Crippen LogP contribution in [0.15, 0.2) is 30.3 Å². The summed E-state index contributed by atoms with van der Waals surface area (Å²) in [6.07, 6.45) is 0. The van der Waals surface area contributed by atoms with E-state index in [0.29, 0.717) is 16.9 Å². The topological polar surface area (TPSA) is 53.4 Å². The van der Waals surface area contributed by atoms with Crippen molar-refractivity contribution in [2.45, 2.75) is 20.8 Å². The first-order valence-electron chi connectivity index (χ1n) is 6.91. The van der Waals surface area contributed by atoms with E-state index in [2.05, 4.69) is 30.7 Å². The Morgan fingerprint density at radius 1 is 1.30 bits per heavy atom.